The molecular weight excluding hydrogens is 260 g/mol. The number of aliphatic carboxylic acids is 1. The SMILES string of the molecule is CN1CCC=C(C[C@H](NC(=O)OC(C)(C)C)C(=O)O)C1. The summed E-state index contributed by atoms with van der Waals surface area (Å²) in [5.74, 6) is -1.05. The third-order valence-corrected chi connectivity index (χ3v) is 2.87. The Bertz CT molecular complexity index is 398. The maximum atomic E-state index is 11.7. The lowest BCUT2D eigenvalue weighted by Gasteiger charge is -2.26. The number of rotatable bonds is 4. The van der Waals surface area contributed by atoms with E-state index in [2.05, 4.69) is 10.2 Å². The van der Waals surface area contributed by atoms with E-state index in [1.165, 1.54) is 0 Å². The Morgan fingerprint density at radius 3 is 2.65 bits per heavy atom. The van der Waals surface area contributed by atoms with Crippen molar-refractivity contribution >= 4 is 12.1 Å². The van der Waals surface area contributed by atoms with Crippen LogP contribution in [0.1, 0.15) is 33.6 Å². The molecular formula is C14H24N2O4. The minimum absolute atomic E-state index is 0.304. The molecule has 0 bridgehead atoms. The number of hydrogen-bond acceptors (Lipinski definition) is 4. The predicted octanol–water partition coefficient (Wildman–Crippen LogP) is 1.62. The van der Waals surface area contributed by atoms with Crippen LogP contribution in [0.5, 0.6) is 0 Å². The Kier molecular flexibility index (Phi) is 5.56. The fraction of sp³-hybridized carbons (Fsp3) is 0.714. The number of carbonyl (C=O) groups is 2. The fourth-order valence-corrected chi connectivity index (χ4v) is 2.04. The van der Waals surface area contributed by atoms with E-state index in [-0.39, 0.29) is 0 Å². The number of nitrogens with zero attached hydrogens (tertiary/aromatic N) is 1. The average Bonchev–Trinajstić information content (AvgIpc) is 2.25. The molecule has 6 heteroatoms. The predicted molar refractivity (Wildman–Crippen MR) is 75.6 cm³/mol. The quantitative estimate of drug-likeness (QED) is 0.767. The van der Waals surface area contributed by atoms with Crippen LogP contribution >= 0.6 is 0 Å². The Morgan fingerprint density at radius 1 is 1.50 bits per heavy atom. The number of carboxylic acids is 1. The minimum atomic E-state index is -1.05. The second kappa shape index (κ2) is 6.74. The van der Waals surface area contributed by atoms with Gasteiger partial charge in [0.25, 0.3) is 0 Å². The van der Waals surface area contributed by atoms with Crippen LogP contribution in [0, 0.1) is 0 Å². The van der Waals surface area contributed by atoms with Gasteiger partial charge in [0.15, 0.2) is 0 Å². The number of likely N-dealkylation sites (N-methyl/N-ethyl adjacent to an activating group) is 1. The molecule has 1 heterocycles. The zero-order valence-electron chi connectivity index (χ0n) is 12.6. The van der Waals surface area contributed by atoms with E-state index in [0.717, 1.165) is 25.1 Å². The molecule has 0 saturated heterocycles. The molecule has 1 rings (SSSR count). The molecule has 2 N–H and O–H groups in total. The molecule has 6 nitrogen and oxygen atoms in total. The Morgan fingerprint density at radius 2 is 2.15 bits per heavy atom. The smallest absolute Gasteiger partial charge is 0.408 e. The Hall–Kier alpha value is -1.56. The van der Waals surface area contributed by atoms with Crippen molar-refractivity contribution in [1.29, 1.82) is 0 Å². The first-order valence-electron chi connectivity index (χ1n) is 6.76. The number of hydrogen-bond donors (Lipinski definition) is 2. The van der Waals surface area contributed by atoms with Crippen molar-refractivity contribution in [1.82, 2.24) is 10.2 Å². The van der Waals surface area contributed by atoms with Crippen molar-refractivity contribution in [3.8, 4) is 0 Å². The highest BCUT2D eigenvalue weighted by atomic mass is 16.6. The first-order chi connectivity index (χ1) is 9.17. The van der Waals surface area contributed by atoms with E-state index in [1.54, 1.807) is 20.8 Å². The van der Waals surface area contributed by atoms with Crippen LogP contribution in [0.2, 0.25) is 0 Å². The number of alkyl carbamates (subject to hydrolysis) is 1. The van der Waals surface area contributed by atoms with Crippen LogP contribution in [0.25, 0.3) is 0 Å². The molecule has 0 aromatic heterocycles. The molecule has 1 aliphatic rings. The molecule has 0 fully saturated rings. The van der Waals surface area contributed by atoms with E-state index in [9.17, 15) is 14.7 Å². The van der Waals surface area contributed by atoms with Gasteiger partial charge in [-0.2, -0.15) is 0 Å². The van der Waals surface area contributed by atoms with Gasteiger partial charge in [0, 0.05) is 19.5 Å². The van der Waals surface area contributed by atoms with Crippen molar-refractivity contribution in [3.63, 3.8) is 0 Å². The Labute approximate surface area is 119 Å². The van der Waals surface area contributed by atoms with Gasteiger partial charge < -0.3 is 20.1 Å². The molecule has 1 amide bonds. The van der Waals surface area contributed by atoms with E-state index in [1.807, 2.05) is 13.1 Å². The normalized spacial score (nSPS) is 18.1. The first-order valence-corrected chi connectivity index (χ1v) is 6.76. The maximum absolute atomic E-state index is 11.7. The summed E-state index contributed by atoms with van der Waals surface area (Å²) in [4.78, 5) is 25.0. The number of carbonyl (C=O) groups excluding carboxylic acids is 1. The Balaban J connectivity index is 2.59. The maximum Gasteiger partial charge on any atom is 0.408 e. The minimum Gasteiger partial charge on any atom is -0.480 e. The molecule has 0 spiro atoms. The van der Waals surface area contributed by atoms with Crippen LogP contribution in [-0.2, 0) is 9.53 Å². The van der Waals surface area contributed by atoms with Gasteiger partial charge in [-0.3, -0.25) is 0 Å². The topological polar surface area (TPSA) is 78.9 Å². The molecule has 114 valence electrons. The summed E-state index contributed by atoms with van der Waals surface area (Å²) in [5, 5.41) is 11.6. The third-order valence-electron chi connectivity index (χ3n) is 2.87. The van der Waals surface area contributed by atoms with Crippen molar-refractivity contribution in [2.45, 2.75) is 45.3 Å². The van der Waals surface area contributed by atoms with E-state index in [4.69, 9.17) is 4.74 Å². The summed E-state index contributed by atoms with van der Waals surface area (Å²) in [6.45, 7) is 6.92. The van der Waals surface area contributed by atoms with Gasteiger partial charge in [-0.25, -0.2) is 9.59 Å². The molecule has 0 radical (unpaired) electrons. The number of ether oxygens (including phenoxy) is 1. The van der Waals surface area contributed by atoms with Gasteiger partial charge in [-0.15, -0.1) is 0 Å². The van der Waals surface area contributed by atoms with Crippen molar-refractivity contribution < 1.29 is 19.4 Å². The second-order valence-corrected chi connectivity index (χ2v) is 6.13. The molecule has 0 aliphatic carbocycles. The molecule has 0 aromatic carbocycles. The van der Waals surface area contributed by atoms with Crippen molar-refractivity contribution in [2.24, 2.45) is 0 Å². The van der Waals surface area contributed by atoms with Gasteiger partial charge in [0.1, 0.15) is 11.6 Å². The number of amides is 1. The lowest BCUT2D eigenvalue weighted by Crippen LogP contribution is -2.44. The monoisotopic (exact) mass is 284 g/mol. The summed E-state index contributed by atoms with van der Waals surface area (Å²) in [7, 11) is 1.99. The van der Waals surface area contributed by atoms with Gasteiger partial charge in [-0.1, -0.05) is 11.6 Å². The number of carboxylic acid groups (broad SMARTS) is 1. The average molecular weight is 284 g/mol. The van der Waals surface area contributed by atoms with Crippen LogP contribution in [0.3, 0.4) is 0 Å². The highest BCUT2D eigenvalue weighted by Crippen LogP contribution is 2.14. The van der Waals surface area contributed by atoms with Crippen LogP contribution in [0.4, 0.5) is 4.79 Å². The zero-order chi connectivity index (χ0) is 15.3. The second-order valence-electron chi connectivity index (χ2n) is 6.13. The number of nitrogens with one attached hydrogen (secondary N) is 1. The summed E-state index contributed by atoms with van der Waals surface area (Å²) < 4.78 is 5.09. The van der Waals surface area contributed by atoms with E-state index >= 15 is 0 Å². The fourth-order valence-electron chi connectivity index (χ4n) is 2.04. The zero-order valence-corrected chi connectivity index (χ0v) is 12.6. The van der Waals surface area contributed by atoms with Crippen LogP contribution in [0.15, 0.2) is 11.6 Å². The molecule has 0 saturated carbocycles. The van der Waals surface area contributed by atoms with E-state index < -0.39 is 23.7 Å². The molecule has 0 aromatic rings. The van der Waals surface area contributed by atoms with Crippen LogP contribution < -0.4 is 5.32 Å². The van der Waals surface area contributed by atoms with Gasteiger partial charge >= 0.3 is 12.1 Å². The summed E-state index contributed by atoms with van der Waals surface area (Å²) in [6, 6.07) is -0.956. The van der Waals surface area contributed by atoms with E-state index in [0.29, 0.717) is 6.42 Å². The lowest BCUT2D eigenvalue weighted by atomic mass is 10.0. The summed E-state index contributed by atoms with van der Waals surface area (Å²) in [5.41, 5.74) is 0.388. The highest BCUT2D eigenvalue weighted by molar-refractivity contribution is 5.80. The highest BCUT2D eigenvalue weighted by Gasteiger charge is 2.25. The summed E-state index contributed by atoms with van der Waals surface area (Å²) >= 11 is 0. The molecule has 1 aliphatic heterocycles. The lowest BCUT2D eigenvalue weighted by molar-refractivity contribution is -0.139. The standard InChI is InChI=1S/C14H24N2O4/c1-14(2,3)20-13(19)15-11(12(17)18)8-10-6-5-7-16(4)9-10/h6,11H,5,7-9H2,1-4H3,(H,15,19)(H,17,18)/t11-/m0/s1. The van der Waals surface area contributed by atoms with Crippen molar-refractivity contribution in [3.05, 3.63) is 11.6 Å². The summed E-state index contributed by atoms with van der Waals surface area (Å²) in [6.07, 6.45) is 2.56. The first kappa shape index (κ1) is 16.5. The van der Waals surface area contributed by atoms with Gasteiger partial charge in [-0.05, 0) is 34.2 Å². The largest absolute Gasteiger partial charge is 0.480 e. The van der Waals surface area contributed by atoms with Gasteiger partial charge in [0.2, 0.25) is 0 Å². The molecule has 20 heavy (non-hydrogen) atoms. The molecule has 1 atom stereocenters. The third kappa shape index (κ3) is 6.06. The van der Waals surface area contributed by atoms with Crippen LogP contribution in [-0.4, -0.2) is 53.8 Å². The van der Waals surface area contributed by atoms with Gasteiger partial charge in [0.05, 0.1) is 0 Å². The molecule has 0 unspecified atom stereocenters. The van der Waals surface area contributed by atoms with Crippen molar-refractivity contribution in [2.75, 3.05) is 20.1 Å².